The van der Waals surface area contributed by atoms with E-state index in [9.17, 15) is 14.7 Å². The third-order valence-corrected chi connectivity index (χ3v) is 3.69. The van der Waals surface area contributed by atoms with Crippen LogP contribution in [-0.4, -0.2) is 35.1 Å². The molecule has 0 unspecified atom stereocenters. The molecule has 1 aliphatic heterocycles. The van der Waals surface area contributed by atoms with Gasteiger partial charge in [-0.25, -0.2) is 9.59 Å². The average molecular weight is 276 g/mol. The van der Waals surface area contributed by atoms with Crippen LogP contribution in [0.15, 0.2) is 18.2 Å². The number of carbonyl (C=O) groups excluding carboxylic acids is 1. The number of hydrogen-bond acceptors (Lipinski definition) is 2. The van der Waals surface area contributed by atoms with Crippen LogP contribution in [0, 0.1) is 12.3 Å². The van der Waals surface area contributed by atoms with E-state index in [0.29, 0.717) is 24.3 Å². The molecule has 5 nitrogen and oxygen atoms in total. The second kappa shape index (κ2) is 5.15. The van der Waals surface area contributed by atoms with Crippen molar-refractivity contribution in [2.24, 2.45) is 5.41 Å². The number of benzene rings is 1. The number of carbonyl (C=O) groups is 2. The third-order valence-electron chi connectivity index (χ3n) is 3.69. The van der Waals surface area contributed by atoms with Gasteiger partial charge in [0.25, 0.3) is 0 Å². The van der Waals surface area contributed by atoms with Crippen molar-refractivity contribution in [1.29, 1.82) is 0 Å². The van der Waals surface area contributed by atoms with Gasteiger partial charge in [-0.2, -0.15) is 0 Å². The number of carboxylic acid groups (broad SMARTS) is 1. The number of carboxylic acids is 1. The van der Waals surface area contributed by atoms with Gasteiger partial charge >= 0.3 is 12.0 Å². The maximum Gasteiger partial charge on any atom is 0.338 e. The first-order valence-electron chi connectivity index (χ1n) is 6.69. The van der Waals surface area contributed by atoms with Crippen molar-refractivity contribution in [2.45, 2.75) is 27.2 Å². The highest BCUT2D eigenvalue weighted by Gasteiger charge is 2.32. The molecular formula is C15H20N2O3. The van der Waals surface area contributed by atoms with E-state index in [4.69, 9.17) is 0 Å². The zero-order valence-electron chi connectivity index (χ0n) is 12.1. The minimum atomic E-state index is -1.03. The summed E-state index contributed by atoms with van der Waals surface area (Å²) < 4.78 is 0. The van der Waals surface area contributed by atoms with Crippen LogP contribution in [0.2, 0.25) is 0 Å². The Hall–Kier alpha value is -2.04. The van der Waals surface area contributed by atoms with Crippen molar-refractivity contribution in [3.8, 4) is 0 Å². The van der Waals surface area contributed by atoms with E-state index in [0.717, 1.165) is 6.42 Å². The van der Waals surface area contributed by atoms with Crippen LogP contribution in [0.25, 0.3) is 0 Å². The molecule has 0 bridgehead atoms. The molecule has 0 saturated carbocycles. The van der Waals surface area contributed by atoms with E-state index in [-0.39, 0.29) is 17.0 Å². The standard InChI is InChI=1S/C15H20N2O3/c1-10-5-4-6-11(12(10)13(18)19)16-14(20)17-8-7-15(2,3)9-17/h4-6H,7-9H2,1-3H3,(H,16,20)(H,18,19). The first-order valence-corrected chi connectivity index (χ1v) is 6.69. The highest BCUT2D eigenvalue weighted by atomic mass is 16.4. The number of aryl methyl sites for hydroxylation is 1. The monoisotopic (exact) mass is 276 g/mol. The zero-order valence-corrected chi connectivity index (χ0v) is 12.1. The minimum Gasteiger partial charge on any atom is -0.478 e. The Kier molecular flexibility index (Phi) is 3.70. The summed E-state index contributed by atoms with van der Waals surface area (Å²) in [5.74, 6) is -1.03. The SMILES string of the molecule is Cc1cccc(NC(=O)N2CCC(C)(C)C2)c1C(=O)O. The average Bonchev–Trinajstić information content (AvgIpc) is 2.69. The largest absolute Gasteiger partial charge is 0.478 e. The Bertz CT molecular complexity index is 552. The van der Waals surface area contributed by atoms with E-state index in [1.54, 1.807) is 30.0 Å². The maximum atomic E-state index is 12.2. The van der Waals surface area contributed by atoms with Gasteiger partial charge in [-0.15, -0.1) is 0 Å². The molecule has 1 aromatic carbocycles. The molecule has 1 aliphatic rings. The predicted molar refractivity (Wildman–Crippen MR) is 77.1 cm³/mol. The van der Waals surface area contributed by atoms with Crippen LogP contribution >= 0.6 is 0 Å². The molecule has 108 valence electrons. The molecule has 1 saturated heterocycles. The van der Waals surface area contributed by atoms with Crippen LogP contribution in [0.5, 0.6) is 0 Å². The lowest BCUT2D eigenvalue weighted by Crippen LogP contribution is -2.34. The van der Waals surface area contributed by atoms with Crippen LogP contribution < -0.4 is 5.32 Å². The summed E-state index contributed by atoms with van der Waals surface area (Å²) in [6.45, 7) is 7.35. The van der Waals surface area contributed by atoms with Gasteiger partial charge in [0.15, 0.2) is 0 Å². The topological polar surface area (TPSA) is 69.6 Å². The molecule has 0 spiro atoms. The van der Waals surface area contributed by atoms with E-state index < -0.39 is 5.97 Å². The van der Waals surface area contributed by atoms with Crippen LogP contribution in [0.3, 0.4) is 0 Å². The Morgan fingerprint density at radius 1 is 1.35 bits per heavy atom. The summed E-state index contributed by atoms with van der Waals surface area (Å²) in [5, 5.41) is 12.0. The summed E-state index contributed by atoms with van der Waals surface area (Å²) in [4.78, 5) is 25.2. The number of hydrogen-bond donors (Lipinski definition) is 2. The lowest BCUT2D eigenvalue weighted by molar-refractivity contribution is 0.0697. The minimum absolute atomic E-state index is 0.125. The van der Waals surface area contributed by atoms with Crippen LogP contribution in [0.1, 0.15) is 36.2 Å². The van der Waals surface area contributed by atoms with Gasteiger partial charge in [-0.3, -0.25) is 0 Å². The summed E-state index contributed by atoms with van der Waals surface area (Å²) in [5.41, 5.74) is 1.27. The second-order valence-corrected chi connectivity index (χ2v) is 6.07. The lowest BCUT2D eigenvalue weighted by atomic mass is 9.93. The quantitative estimate of drug-likeness (QED) is 0.872. The second-order valence-electron chi connectivity index (χ2n) is 6.07. The van der Waals surface area contributed by atoms with Crippen molar-refractivity contribution in [1.82, 2.24) is 4.90 Å². The number of anilines is 1. The van der Waals surface area contributed by atoms with Crippen molar-refractivity contribution in [3.63, 3.8) is 0 Å². The van der Waals surface area contributed by atoms with Gasteiger partial charge in [0.1, 0.15) is 0 Å². The fraction of sp³-hybridized carbons (Fsp3) is 0.467. The highest BCUT2D eigenvalue weighted by molar-refractivity contribution is 6.01. The van der Waals surface area contributed by atoms with Gasteiger partial charge in [0.2, 0.25) is 0 Å². The molecule has 2 rings (SSSR count). The van der Waals surface area contributed by atoms with E-state index in [1.807, 2.05) is 0 Å². The summed E-state index contributed by atoms with van der Waals surface area (Å²) in [6.07, 6.45) is 0.958. The Labute approximate surface area is 118 Å². The smallest absolute Gasteiger partial charge is 0.338 e. The molecule has 2 N–H and O–H groups in total. The van der Waals surface area contributed by atoms with E-state index in [1.165, 1.54) is 0 Å². The summed E-state index contributed by atoms with van der Waals surface area (Å²) in [6, 6.07) is 4.85. The molecule has 5 heteroatoms. The van der Waals surface area contributed by atoms with Crippen molar-refractivity contribution < 1.29 is 14.7 Å². The normalized spacial score (nSPS) is 17.1. The molecule has 0 radical (unpaired) electrons. The highest BCUT2D eigenvalue weighted by Crippen LogP contribution is 2.29. The first-order chi connectivity index (χ1) is 9.30. The van der Waals surface area contributed by atoms with Crippen LogP contribution in [0.4, 0.5) is 10.5 Å². The predicted octanol–water partition coefficient (Wildman–Crippen LogP) is 2.96. The van der Waals surface area contributed by atoms with Crippen molar-refractivity contribution in [2.75, 3.05) is 18.4 Å². The number of nitrogens with zero attached hydrogens (tertiary/aromatic N) is 1. The number of amides is 2. The Balaban J connectivity index is 2.17. The van der Waals surface area contributed by atoms with E-state index >= 15 is 0 Å². The number of nitrogens with one attached hydrogen (secondary N) is 1. The fourth-order valence-electron chi connectivity index (χ4n) is 2.54. The van der Waals surface area contributed by atoms with Crippen LogP contribution in [-0.2, 0) is 0 Å². The zero-order chi connectivity index (χ0) is 14.9. The molecular weight excluding hydrogens is 256 g/mol. The van der Waals surface area contributed by atoms with E-state index in [2.05, 4.69) is 19.2 Å². The van der Waals surface area contributed by atoms with Gasteiger partial charge in [0.05, 0.1) is 11.3 Å². The van der Waals surface area contributed by atoms with Gasteiger partial charge in [-0.1, -0.05) is 26.0 Å². The third kappa shape index (κ3) is 2.92. The molecule has 1 aromatic rings. The molecule has 20 heavy (non-hydrogen) atoms. The molecule has 1 fully saturated rings. The number of aromatic carboxylic acids is 1. The molecule has 1 heterocycles. The molecule has 0 aliphatic carbocycles. The molecule has 0 atom stereocenters. The Morgan fingerprint density at radius 3 is 2.60 bits per heavy atom. The van der Waals surface area contributed by atoms with Gasteiger partial charge < -0.3 is 15.3 Å². The molecule has 2 amide bonds. The summed E-state index contributed by atoms with van der Waals surface area (Å²) >= 11 is 0. The summed E-state index contributed by atoms with van der Waals surface area (Å²) in [7, 11) is 0. The van der Waals surface area contributed by atoms with Crippen molar-refractivity contribution in [3.05, 3.63) is 29.3 Å². The Morgan fingerprint density at radius 2 is 2.05 bits per heavy atom. The van der Waals surface area contributed by atoms with Crippen molar-refractivity contribution >= 4 is 17.7 Å². The first kappa shape index (κ1) is 14.4. The van der Waals surface area contributed by atoms with Gasteiger partial charge in [-0.05, 0) is 30.4 Å². The number of likely N-dealkylation sites (tertiary alicyclic amines) is 1. The lowest BCUT2D eigenvalue weighted by Gasteiger charge is -2.21. The fourth-order valence-corrected chi connectivity index (χ4v) is 2.54. The maximum absolute atomic E-state index is 12.2. The van der Waals surface area contributed by atoms with Gasteiger partial charge in [0, 0.05) is 13.1 Å². The molecule has 0 aromatic heterocycles. The number of urea groups is 1. The number of rotatable bonds is 2.